The van der Waals surface area contributed by atoms with Gasteiger partial charge in [-0.1, -0.05) is 54.6 Å². The predicted octanol–water partition coefficient (Wildman–Crippen LogP) is 2.80. The van der Waals surface area contributed by atoms with E-state index in [1.807, 2.05) is 42.1 Å². The first-order chi connectivity index (χ1) is 12.1. The van der Waals surface area contributed by atoms with E-state index in [2.05, 4.69) is 48.6 Å². The monoisotopic (exact) mass is 357 g/mol. The van der Waals surface area contributed by atoms with Crippen molar-refractivity contribution in [1.82, 2.24) is 10.2 Å². The molecule has 0 fully saturated rings. The third kappa shape index (κ3) is 6.90. The third-order valence-electron chi connectivity index (χ3n) is 3.75. The van der Waals surface area contributed by atoms with Crippen LogP contribution in [0, 0.1) is 0 Å². The first-order valence-electron chi connectivity index (χ1n) is 8.45. The highest BCUT2D eigenvalue weighted by molar-refractivity contribution is 7.98. The van der Waals surface area contributed by atoms with E-state index in [1.165, 1.54) is 11.1 Å². The van der Waals surface area contributed by atoms with Gasteiger partial charge in [-0.3, -0.25) is 4.79 Å². The molecule has 2 aromatic rings. The second kappa shape index (κ2) is 10.2. The number of carbonyl (C=O) groups is 1. The van der Waals surface area contributed by atoms with Gasteiger partial charge < -0.3 is 16.0 Å². The van der Waals surface area contributed by atoms with Gasteiger partial charge in [0.25, 0.3) is 0 Å². The molecule has 0 aliphatic rings. The molecule has 1 amide bonds. The summed E-state index contributed by atoms with van der Waals surface area (Å²) in [4.78, 5) is 14.2. The summed E-state index contributed by atoms with van der Waals surface area (Å²) in [6, 6.07) is 17.5. The van der Waals surface area contributed by atoms with Crippen LogP contribution in [0.2, 0.25) is 0 Å². The number of nitrogens with zero attached hydrogens (tertiary/aromatic N) is 1. The molecule has 4 nitrogen and oxygen atoms in total. The summed E-state index contributed by atoms with van der Waals surface area (Å²) in [6.07, 6.45) is 0. The van der Waals surface area contributed by atoms with Gasteiger partial charge >= 0.3 is 0 Å². The van der Waals surface area contributed by atoms with Crippen LogP contribution in [0.25, 0.3) is 0 Å². The Morgan fingerprint density at radius 1 is 1.12 bits per heavy atom. The van der Waals surface area contributed by atoms with Gasteiger partial charge in [0.15, 0.2) is 0 Å². The molecule has 2 aromatic carbocycles. The Morgan fingerprint density at radius 2 is 1.84 bits per heavy atom. The molecule has 0 unspecified atom stereocenters. The van der Waals surface area contributed by atoms with Crippen molar-refractivity contribution >= 4 is 17.7 Å². The molecule has 0 aromatic heterocycles. The number of benzene rings is 2. The van der Waals surface area contributed by atoms with Gasteiger partial charge in [-0.05, 0) is 30.8 Å². The molecule has 0 aliphatic heterocycles. The van der Waals surface area contributed by atoms with E-state index in [9.17, 15) is 4.79 Å². The van der Waals surface area contributed by atoms with Crippen LogP contribution in [0.1, 0.15) is 22.7 Å². The van der Waals surface area contributed by atoms with E-state index in [0.717, 1.165) is 23.6 Å². The van der Waals surface area contributed by atoms with Crippen molar-refractivity contribution in [3.63, 3.8) is 0 Å². The van der Waals surface area contributed by atoms with E-state index < -0.39 is 6.04 Å². The quantitative estimate of drug-likeness (QED) is 0.678. The molecule has 3 N–H and O–H groups in total. The smallest absolute Gasteiger partial charge is 0.241 e. The first kappa shape index (κ1) is 19.5. The Labute approximate surface area is 154 Å². The van der Waals surface area contributed by atoms with Crippen molar-refractivity contribution < 1.29 is 4.79 Å². The number of thioether (sulfide) groups is 1. The summed E-state index contributed by atoms with van der Waals surface area (Å²) in [5.41, 5.74) is 9.46. The van der Waals surface area contributed by atoms with Gasteiger partial charge in [0, 0.05) is 24.6 Å². The van der Waals surface area contributed by atoms with Crippen molar-refractivity contribution in [1.29, 1.82) is 0 Å². The molecule has 1 atom stereocenters. The van der Waals surface area contributed by atoms with Crippen LogP contribution in [0.4, 0.5) is 0 Å². The molecule has 0 saturated heterocycles. The Bertz CT molecular complexity index is 661. The molecule has 0 heterocycles. The summed E-state index contributed by atoms with van der Waals surface area (Å²) in [5.74, 6) is 1.69. The van der Waals surface area contributed by atoms with Crippen molar-refractivity contribution in [2.24, 2.45) is 5.73 Å². The van der Waals surface area contributed by atoms with Gasteiger partial charge in [0.2, 0.25) is 5.91 Å². The minimum atomic E-state index is -0.603. The summed E-state index contributed by atoms with van der Waals surface area (Å²) in [7, 11) is 4.15. The Balaban J connectivity index is 1.69. The normalized spacial score (nSPS) is 12.2. The SMILES string of the molecule is CN(C)Cc1cccc(CSCCNC(=O)[C@H](N)c2ccccc2)c1. The van der Waals surface area contributed by atoms with Crippen LogP contribution in [-0.4, -0.2) is 37.2 Å². The number of hydrogen-bond acceptors (Lipinski definition) is 4. The Kier molecular flexibility index (Phi) is 7.98. The molecule has 2 rings (SSSR count). The van der Waals surface area contributed by atoms with Crippen molar-refractivity contribution in [2.45, 2.75) is 18.3 Å². The molecular formula is C20H27N3OS. The zero-order chi connectivity index (χ0) is 18.1. The van der Waals surface area contributed by atoms with Crippen LogP contribution in [0.15, 0.2) is 54.6 Å². The maximum absolute atomic E-state index is 12.1. The molecule has 5 heteroatoms. The highest BCUT2D eigenvalue weighted by Gasteiger charge is 2.14. The van der Waals surface area contributed by atoms with Crippen LogP contribution in [-0.2, 0) is 17.1 Å². The fourth-order valence-corrected chi connectivity index (χ4v) is 3.35. The third-order valence-corrected chi connectivity index (χ3v) is 4.78. The number of amides is 1. The molecule has 25 heavy (non-hydrogen) atoms. The molecule has 0 aliphatic carbocycles. The van der Waals surface area contributed by atoms with Crippen molar-refractivity contribution in [3.05, 3.63) is 71.3 Å². The van der Waals surface area contributed by atoms with Gasteiger partial charge in [-0.25, -0.2) is 0 Å². The lowest BCUT2D eigenvalue weighted by atomic mass is 10.1. The van der Waals surface area contributed by atoms with E-state index >= 15 is 0 Å². The minimum Gasteiger partial charge on any atom is -0.354 e. The van der Waals surface area contributed by atoms with E-state index in [-0.39, 0.29) is 5.91 Å². The fraction of sp³-hybridized carbons (Fsp3) is 0.350. The average molecular weight is 358 g/mol. The van der Waals surface area contributed by atoms with Gasteiger partial charge in [0.05, 0.1) is 0 Å². The largest absolute Gasteiger partial charge is 0.354 e. The molecular weight excluding hydrogens is 330 g/mol. The van der Waals surface area contributed by atoms with Gasteiger partial charge in [-0.15, -0.1) is 0 Å². The summed E-state index contributed by atoms with van der Waals surface area (Å²) in [6.45, 7) is 1.58. The number of hydrogen-bond donors (Lipinski definition) is 2. The maximum Gasteiger partial charge on any atom is 0.241 e. The molecule has 0 bridgehead atoms. The van der Waals surface area contributed by atoms with Crippen LogP contribution in [0.3, 0.4) is 0 Å². The number of carbonyl (C=O) groups excluding carboxylic acids is 1. The highest BCUT2D eigenvalue weighted by atomic mass is 32.2. The summed E-state index contributed by atoms with van der Waals surface area (Å²) < 4.78 is 0. The fourth-order valence-electron chi connectivity index (χ4n) is 2.54. The van der Waals surface area contributed by atoms with E-state index in [4.69, 9.17) is 5.73 Å². The van der Waals surface area contributed by atoms with Crippen LogP contribution >= 0.6 is 11.8 Å². The van der Waals surface area contributed by atoms with Crippen molar-refractivity contribution in [2.75, 3.05) is 26.4 Å². The molecule has 134 valence electrons. The van der Waals surface area contributed by atoms with E-state index in [1.54, 1.807) is 0 Å². The maximum atomic E-state index is 12.1. The Hall–Kier alpha value is -1.82. The minimum absolute atomic E-state index is 0.125. The van der Waals surface area contributed by atoms with Gasteiger partial charge in [0.1, 0.15) is 6.04 Å². The highest BCUT2D eigenvalue weighted by Crippen LogP contribution is 2.14. The zero-order valence-electron chi connectivity index (χ0n) is 14.9. The van der Waals surface area contributed by atoms with E-state index in [0.29, 0.717) is 6.54 Å². The number of nitrogens with two attached hydrogens (primary N) is 1. The first-order valence-corrected chi connectivity index (χ1v) is 9.60. The molecule has 0 spiro atoms. The zero-order valence-corrected chi connectivity index (χ0v) is 15.8. The lowest BCUT2D eigenvalue weighted by Crippen LogP contribution is -2.35. The topological polar surface area (TPSA) is 58.4 Å². The van der Waals surface area contributed by atoms with Gasteiger partial charge in [-0.2, -0.15) is 11.8 Å². The summed E-state index contributed by atoms with van der Waals surface area (Å²) in [5, 5.41) is 2.91. The summed E-state index contributed by atoms with van der Waals surface area (Å²) >= 11 is 1.81. The molecule has 0 saturated carbocycles. The molecule has 0 radical (unpaired) electrons. The Morgan fingerprint density at radius 3 is 2.56 bits per heavy atom. The standard InChI is InChI=1S/C20H27N3OS/c1-23(2)14-16-7-6-8-17(13-16)15-25-12-11-22-20(24)19(21)18-9-4-3-5-10-18/h3-10,13,19H,11-12,14-15,21H2,1-2H3,(H,22,24)/t19-/m1/s1. The van der Waals surface area contributed by atoms with Crippen molar-refractivity contribution in [3.8, 4) is 0 Å². The van der Waals surface area contributed by atoms with Crippen LogP contribution < -0.4 is 11.1 Å². The lowest BCUT2D eigenvalue weighted by molar-refractivity contribution is -0.122. The lowest BCUT2D eigenvalue weighted by Gasteiger charge is -2.13. The predicted molar refractivity (Wildman–Crippen MR) is 106 cm³/mol. The second-order valence-electron chi connectivity index (χ2n) is 6.29. The average Bonchev–Trinajstić information content (AvgIpc) is 2.61. The number of rotatable bonds is 9. The van der Waals surface area contributed by atoms with Crippen LogP contribution in [0.5, 0.6) is 0 Å². The number of nitrogens with one attached hydrogen (secondary N) is 1. The second-order valence-corrected chi connectivity index (χ2v) is 7.39.